The summed E-state index contributed by atoms with van der Waals surface area (Å²) in [4.78, 5) is 26.1. The minimum atomic E-state index is -1.03. The van der Waals surface area contributed by atoms with Gasteiger partial charge in [0.1, 0.15) is 0 Å². The smallest absolute Gasteiger partial charge is 0.307 e. The van der Waals surface area contributed by atoms with Crippen molar-refractivity contribution in [3.8, 4) is 5.69 Å². The number of esters is 1. The van der Waals surface area contributed by atoms with Crippen molar-refractivity contribution in [2.45, 2.75) is 19.9 Å². The summed E-state index contributed by atoms with van der Waals surface area (Å²) in [5.41, 5.74) is 1.39. The Labute approximate surface area is 182 Å². The summed E-state index contributed by atoms with van der Waals surface area (Å²) in [6.45, 7) is 1.58. The third-order valence-electron chi connectivity index (χ3n) is 4.64. The van der Waals surface area contributed by atoms with Crippen LogP contribution in [0.2, 0.25) is 5.02 Å². The Hall–Kier alpha value is -3.33. The van der Waals surface area contributed by atoms with E-state index in [1.807, 2.05) is 0 Å². The number of hydrogen-bond donors (Lipinski definition) is 0. The Morgan fingerprint density at radius 3 is 2.58 bits per heavy atom. The van der Waals surface area contributed by atoms with Crippen molar-refractivity contribution in [2.24, 2.45) is 0 Å². The molecule has 0 saturated carbocycles. The molecule has 0 fully saturated rings. The Bertz CT molecular complexity index is 1120. The Kier molecular flexibility index (Phi) is 6.96. The lowest BCUT2D eigenvalue weighted by Crippen LogP contribution is -2.33. The summed E-state index contributed by atoms with van der Waals surface area (Å²) in [5, 5.41) is 8.44. The fraction of sp³-hybridized carbons (Fsp3) is 0.238. The predicted octanol–water partition coefficient (Wildman–Crippen LogP) is 3.71. The number of nitrogens with zero attached hydrogens (tertiary/aromatic N) is 4. The highest BCUT2D eigenvalue weighted by Gasteiger charge is 2.25. The number of para-hydroxylation sites is 1. The van der Waals surface area contributed by atoms with Gasteiger partial charge >= 0.3 is 5.97 Å². The van der Waals surface area contributed by atoms with E-state index in [0.717, 1.165) is 12.1 Å². The maximum atomic E-state index is 13.6. The molecule has 0 unspecified atom stereocenters. The topological polar surface area (TPSA) is 77.3 Å². The number of aromatic nitrogens is 3. The molecule has 0 bridgehead atoms. The van der Waals surface area contributed by atoms with Gasteiger partial charge in [-0.05, 0) is 36.8 Å². The molecule has 0 aliphatic carbocycles. The van der Waals surface area contributed by atoms with Gasteiger partial charge < -0.3 is 9.64 Å². The molecule has 0 spiro atoms. The zero-order chi connectivity index (χ0) is 22.5. The fourth-order valence-corrected chi connectivity index (χ4v) is 3.18. The minimum Gasteiger partial charge on any atom is -0.469 e. The highest BCUT2D eigenvalue weighted by Crippen LogP contribution is 2.22. The lowest BCUT2D eigenvalue weighted by Gasteiger charge is -2.22. The average Bonchev–Trinajstić information content (AvgIpc) is 3.14. The molecule has 31 heavy (non-hydrogen) atoms. The van der Waals surface area contributed by atoms with Crippen LogP contribution in [0.25, 0.3) is 5.69 Å². The van der Waals surface area contributed by atoms with Crippen LogP contribution >= 0.6 is 11.6 Å². The molecule has 2 aromatic carbocycles. The van der Waals surface area contributed by atoms with E-state index in [1.165, 1.54) is 22.8 Å². The quantitative estimate of drug-likeness (QED) is 0.515. The molecule has 1 heterocycles. The Morgan fingerprint density at radius 2 is 1.90 bits per heavy atom. The molecular formula is C21H19ClF2N4O3. The number of ether oxygens (including phenoxy) is 1. The van der Waals surface area contributed by atoms with Crippen molar-refractivity contribution in [2.75, 3.05) is 13.7 Å². The van der Waals surface area contributed by atoms with E-state index in [2.05, 4.69) is 15.0 Å². The number of rotatable bonds is 7. The molecule has 0 aliphatic rings. The third-order valence-corrected chi connectivity index (χ3v) is 4.96. The third kappa shape index (κ3) is 5.05. The van der Waals surface area contributed by atoms with Crippen LogP contribution in [-0.2, 0) is 16.1 Å². The van der Waals surface area contributed by atoms with Gasteiger partial charge in [-0.3, -0.25) is 9.59 Å². The number of halogens is 3. The number of benzene rings is 2. The standard InChI is InChI=1S/C21H19ClF2N4O3/c1-13-20(25-26-28(13)18-6-4-3-5-15(18)22)21(30)27(10-9-19(29)31-2)12-14-7-8-16(23)17(24)11-14/h3-8,11H,9-10,12H2,1-2H3. The molecule has 0 N–H and O–H groups in total. The van der Waals surface area contributed by atoms with E-state index in [1.54, 1.807) is 31.2 Å². The van der Waals surface area contributed by atoms with Crippen LogP contribution in [0.4, 0.5) is 8.78 Å². The number of methoxy groups -OCH3 is 1. The van der Waals surface area contributed by atoms with E-state index < -0.39 is 23.5 Å². The highest BCUT2D eigenvalue weighted by atomic mass is 35.5. The van der Waals surface area contributed by atoms with E-state index in [9.17, 15) is 18.4 Å². The monoisotopic (exact) mass is 448 g/mol. The minimum absolute atomic E-state index is 0.0110. The molecule has 0 atom stereocenters. The zero-order valence-electron chi connectivity index (χ0n) is 16.8. The second-order valence-corrected chi connectivity index (χ2v) is 7.10. The molecule has 0 saturated heterocycles. The molecule has 1 amide bonds. The van der Waals surface area contributed by atoms with Gasteiger partial charge in [-0.15, -0.1) is 5.10 Å². The van der Waals surface area contributed by atoms with Crippen LogP contribution < -0.4 is 0 Å². The van der Waals surface area contributed by atoms with Crippen molar-refractivity contribution in [1.82, 2.24) is 19.9 Å². The van der Waals surface area contributed by atoms with E-state index in [4.69, 9.17) is 11.6 Å². The van der Waals surface area contributed by atoms with Crippen LogP contribution in [0.15, 0.2) is 42.5 Å². The van der Waals surface area contributed by atoms with Crippen molar-refractivity contribution in [3.63, 3.8) is 0 Å². The Morgan fingerprint density at radius 1 is 1.16 bits per heavy atom. The molecule has 10 heteroatoms. The van der Waals surface area contributed by atoms with Crippen LogP contribution in [0.3, 0.4) is 0 Å². The SMILES string of the molecule is COC(=O)CCN(Cc1ccc(F)c(F)c1)C(=O)c1nnn(-c2ccccc2Cl)c1C. The molecular weight excluding hydrogens is 430 g/mol. The van der Waals surface area contributed by atoms with Crippen LogP contribution in [0, 0.1) is 18.6 Å². The molecule has 3 aromatic rings. The van der Waals surface area contributed by atoms with Crippen LogP contribution in [0.5, 0.6) is 0 Å². The average molecular weight is 449 g/mol. The molecule has 0 radical (unpaired) electrons. The van der Waals surface area contributed by atoms with Gasteiger partial charge in [0.2, 0.25) is 0 Å². The first kappa shape index (κ1) is 22.4. The maximum absolute atomic E-state index is 13.6. The normalized spacial score (nSPS) is 10.7. The van der Waals surface area contributed by atoms with Gasteiger partial charge in [0.05, 0.1) is 29.9 Å². The lowest BCUT2D eigenvalue weighted by molar-refractivity contribution is -0.140. The first-order valence-corrected chi connectivity index (χ1v) is 9.66. The van der Waals surface area contributed by atoms with Gasteiger partial charge in [0, 0.05) is 13.1 Å². The maximum Gasteiger partial charge on any atom is 0.307 e. The Balaban J connectivity index is 1.91. The van der Waals surface area contributed by atoms with Gasteiger partial charge in [-0.1, -0.05) is 35.0 Å². The zero-order valence-corrected chi connectivity index (χ0v) is 17.6. The second kappa shape index (κ2) is 9.65. The second-order valence-electron chi connectivity index (χ2n) is 6.69. The van der Waals surface area contributed by atoms with E-state index in [0.29, 0.717) is 22.0 Å². The van der Waals surface area contributed by atoms with Gasteiger partial charge in [0.15, 0.2) is 17.3 Å². The lowest BCUT2D eigenvalue weighted by atomic mass is 10.1. The molecule has 162 valence electrons. The summed E-state index contributed by atoms with van der Waals surface area (Å²) >= 11 is 6.22. The van der Waals surface area contributed by atoms with Crippen molar-refractivity contribution >= 4 is 23.5 Å². The fourth-order valence-electron chi connectivity index (χ4n) is 2.97. The first-order valence-electron chi connectivity index (χ1n) is 9.29. The van der Waals surface area contributed by atoms with Crippen molar-refractivity contribution < 1.29 is 23.1 Å². The van der Waals surface area contributed by atoms with Crippen LogP contribution in [0.1, 0.15) is 28.2 Å². The van der Waals surface area contributed by atoms with Gasteiger partial charge in [-0.2, -0.15) is 0 Å². The molecule has 0 aliphatic heterocycles. The molecule has 3 rings (SSSR count). The number of amides is 1. The summed E-state index contributed by atoms with van der Waals surface area (Å²) < 4.78 is 33.0. The largest absolute Gasteiger partial charge is 0.469 e. The number of hydrogen-bond acceptors (Lipinski definition) is 5. The van der Waals surface area contributed by atoms with Crippen molar-refractivity contribution in [1.29, 1.82) is 0 Å². The van der Waals surface area contributed by atoms with E-state index >= 15 is 0 Å². The van der Waals surface area contributed by atoms with Crippen molar-refractivity contribution in [3.05, 3.63) is 76.1 Å². The summed E-state index contributed by atoms with van der Waals surface area (Å²) in [7, 11) is 1.24. The summed E-state index contributed by atoms with van der Waals surface area (Å²) in [6.07, 6.45) is -0.0797. The summed E-state index contributed by atoms with van der Waals surface area (Å²) in [6, 6.07) is 10.3. The highest BCUT2D eigenvalue weighted by molar-refractivity contribution is 6.32. The first-order chi connectivity index (χ1) is 14.8. The van der Waals surface area contributed by atoms with Gasteiger partial charge in [0.25, 0.3) is 5.91 Å². The van der Waals surface area contributed by atoms with Crippen LogP contribution in [-0.4, -0.2) is 45.4 Å². The summed E-state index contributed by atoms with van der Waals surface area (Å²) in [5.74, 6) is -3.06. The molecule has 7 nitrogen and oxygen atoms in total. The van der Waals surface area contributed by atoms with E-state index in [-0.39, 0.29) is 25.2 Å². The molecule has 1 aromatic heterocycles. The predicted molar refractivity (Wildman–Crippen MR) is 109 cm³/mol. The number of carbonyl (C=O) groups is 2. The van der Waals surface area contributed by atoms with Gasteiger partial charge in [-0.25, -0.2) is 13.5 Å². The number of carbonyl (C=O) groups excluding carboxylic acids is 2.